The van der Waals surface area contributed by atoms with Crippen molar-refractivity contribution < 1.29 is 4.79 Å². The molecule has 0 N–H and O–H groups in total. The van der Waals surface area contributed by atoms with E-state index in [0.29, 0.717) is 24.3 Å². The first-order valence-corrected chi connectivity index (χ1v) is 4.71. The molecule has 0 aliphatic heterocycles. The third kappa shape index (κ3) is 2.56. The number of Topliss-reactive ketones (excluding diaryl/α,β-unsaturated/α-hetero) is 1. The van der Waals surface area contributed by atoms with Crippen LogP contribution in [0.4, 0.5) is 0 Å². The van der Waals surface area contributed by atoms with Crippen LogP contribution in [0.25, 0.3) is 0 Å². The average Bonchev–Trinajstić information content (AvgIpc) is 2.43. The Hall–Kier alpha value is -0.830. The van der Waals surface area contributed by atoms with Crippen LogP contribution in [0.15, 0.2) is 6.20 Å². The van der Waals surface area contributed by atoms with Crippen LogP contribution in [0, 0.1) is 0 Å². The predicted molar refractivity (Wildman–Crippen MR) is 51.8 cm³/mol. The first kappa shape index (κ1) is 10.3. The molecule has 4 heteroatoms. The van der Waals surface area contributed by atoms with Crippen LogP contribution in [-0.4, -0.2) is 15.6 Å². The lowest BCUT2D eigenvalue weighted by atomic mass is 10.1. The minimum absolute atomic E-state index is 0.261. The van der Waals surface area contributed by atoms with Crippen molar-refractivity contribution in [2.24, 2.45) is 7.05 Å². The lowest BCUT2D eigenvalue weighted by Crippen LogP contribution is -2.03. The van der Waals surface area contributed by atoms with Crippen molar-refractivity contribution in [2.45, 2.75) is 26.2 Å². The van der Waals surface area contributed by atoms with Gasteiger partial charge in [-0.25, -0.2) is 0 Å². The van der Waals surface area contributed by atoms with Crippen molar-refractivity contribution in [1.82, 2.24) is 9.78 Å². The molecule has 0 fully saturated rings. The van der Waals surface area contributed by atoms with Gasteiger partial charge in [0.25, 0.3) is 0 Å². The molecule has 0 aliphatic carbocycles. The van der Waals surface area contributed by atoms with E-state index in [0.717, 1.165) is 5.69 Å². The summed E-state index contributed by atoms with van der Waals surface area (Å²) in [6.07, 6.45) is 3.43. The summed E-state index contributed by atoms with van der Waals surface area (Å²) >= 11 is 5.88. The van der Waals surface area contributed by atoms with Crippen LogP contribution >= 0.6 is 11.6 Å². The van der Waals surface area contributed by atoms with Crippen molar-refractivity contribution in [1.29, 1.82) is 0 Å². The molecule has 0 bridgehead atoms. The number of aryl methyl sites for hydroxylation is 1. The Bertz CT molecular complexity index is 287. The molecule has 1 heterocycles. The molecule has 0 spiro atoms. The number of nitrogens with zero attached hydrogens (tertiary/aromatic N) is 2. The Kier molecular flexibility index (Phi) is 3.48. The maximum atomic E-state index is 11.1. The van der Waals surface area contributed by atoms with Crippen molar-refractivity contribution >= 4 is 17.4 Å². The van der Waals surface area contributed by atoms with Gasteiger partial charge in [0.15, 0.2) is 0 Å². The molecule has 1 aromatic heterocycles. The molecule has 0 aliphatic rings. The van der Waals surface area contributed by atoms with Gasteiger partial charge in [0, 0.05) is 19.9 Å². The Morgan fingerprint density at radius 1 is 1.69 bits per heavy atom. The smallest absolute Gasteiger partial charge is 0.133 e. The third-order valence-electron chi connectivity index (χ3n) is 2.05. The van der Waals surface area contributed by atoms with E-state index in [2.05, 4.69) is 5.10 Å². The Morgan fingerprint density at radius 2 is 2.38 bits per heavy atom. The van der Waals surface area contributed by atoms with Crippen LogP contribution in [0.5, 0.6) is 0 Å². The van der Waals surface area contributed by atoms with Gasteiger partial charge < -0.3 is 0 Å². The summed E-state index contributed by atoms with van der Waals surface area (Å²) < 4.78 is 1.71. The van der Waals surface area contributed by atoms with Gasteiger partial charge in [-0.3, -0.25) is 9.48 Å². The molecule has 0 saturated carbocycles. The molecular weight excluding hydrogens is 188 g/mol. The summed E-state index contributed by atoms with van der Waals surface area (Å²) in [6, 6.07) is 0. The van der Waals surface area contributed by atoms with Crippen LogP contribution in [0.1, 0.15) is 25.5 Å². The van der Waals surface area contributed by atoms with E-state index in [1.165, 1.54) is 0 Å². The van der Waals surface area contributed by atoms with Gasteiger partial charge in [-0.2, -0.15) is 5.10 Å². The molecule has 72 valence electrons. The molecule has 3 nitrogen and oxygen atoms in total. The number of hydrogen-bond donors (Lipinski definition) is 0. The number of carbonyl (C=O) groups is 1. The fraction of sp³-hybridized carbons (Fsp3) is 0.556. The van der Waals surface area contributed by atoms with E-state index in [1.54, 1.807) is 10.9 Å². The molecule has 0 saturated heterocycles. The summed E-state index contributed by atoms with van der Waals surface area (Å²) in [5.74, 6) is 0.261. The van der Waals surface area contributed by atoms with Gasteiger partial charge in [-0.15, -0.1) is 0 Å². The zero-order valence-electron chi connectivity index (χ0n) is 7.88. The standard InChI is InChI=1S/C9H13ClN2O/c1-3-7(13)4-5-9-8(10)6-11-12(9)2/h6H,3-5H2,1-2H3. The highest BCUT2D eigenvalue weighted by Crippen LogP contribution is 2.15. The molecule has 1 aromatic rings. The first-order valence-electron chi connectivity index (χ1n) is 4.33. The maximum Gasteiger partial charge on any atom is 0.133 e. The lowest BCUT2D eigenvalue weighted by Gasteiger charge is -2.00. The predicted octanol–water partition coefficient (Wildman–Crippen LogP) is 1.99. The Morgan fingerprint density at radius 3 is 2.85 bits per heavy atom. The molecule has 13 heavy (non-hydrogen) atoms. The van der Waals surface area contributed by atoms with Crippen LogP contribution in [0.3, 0.4) is 0 Å². The summed E-state index contributed by atoms with van der Waals surface area (Å²) in [7, 11) is 1.83. The normalized spacial score (nSPS) is 10.4. The largest absolute Gasteiger partial charge is 0.300 e. The minimum atomic E-state index is 0.261. The highest BCUT2D eigenvalue weighted by atomic mass is 35.5. The van der Waals surface area contributed by atoms with Crippen LogP contribution < -0.4 is 0 Å². The first-order chi connectivity index (χ1) is 6.15. The fourth-order valence-corrected chi connectivity index (χ4v) is 1.41. The Balaban J connectivity index is 2.58. The van der Waals surface area contributed by atoms with E-state index in [1.807, 2.05) is 14.0 Å². The summed E-state index contributed by atoms with van der Waals surface area (Å²) in [5, 5.41) is 4.64. The zero-order chi connectivity index (χ0) is 9.84. The van der Waals surface area contributed by atoms with Crippen molar-refractivity contribution in [3.8, 4) is 0 Å². The summed E-state index contributed by atoms with van der Waals surface area (Å²) in [6.45, 7) is 1.87. The number of ketones is 1. The number of rotatable bonds is 4. The summed E-state index contributed by atoms with van der Waals surface area (Å²) in [5.41, 5.74) is 0.934. The second-order valence-corrected chi connectivity index (χ2v) is 3.36. The number of halogens is 1. The molecular formula is C9H13ClN2O. The zero-order valence-corrected chi connectivity index (χ0v) is 8.64. The van der Waals surface area contributed by atoms with Crippen molar-refractivity contribution in [3.05, 3.63) is 16.9 Å². The molecule has 0 radical (unpaired) electrons. The van der Waals surface area contributed by atoms with Gasteiger partial charge in [0.05, 0.1) is 16.9 Å². The SMILES string of the molecule is CCC(=O)CCc1c(Cl)cnn1C. The van der Waals surface area contributed by atoms with Gasteiger partial charge in [0.2, 0.25) is 0 Å². The number of aromatic nitrogens is 2. The number of hydrogen-bond acceptors (Lipinski definition) is 2. The lowest BCUT2D eigenvalue weighted by molar-refractivity contribution is -0.118. The highest BCUT2D eigenvalue weighted by Gasteiger charge is 2.07. The van der Waals surface area contributed by atoms with Crippen molar-refractivity contribution in [3.63, 3.8) is 0 Å². The maximum absolute atomic E-state index is 11.1. The summed E-state index contributed by atoms with van der Waals surface area (Å²) in [4.78, 5) is 11.1. The van der Waals surface area contributed by atoms with Crippen molar-refractivity contribution in [2.75, 3.05) is 0 Å². The molecule has 1 rings (SSSR count). The molecule has 0 amide bonds. The average molecular weight is 201 g/mol. The Labute approximate surface area is 82.7 Å². The van der Waals surface area contributed by atoms with Gasteiger partial charge in [0.1, 0.15) is 5.78 Å². The second kappa shape index (κ2) is 4.42. The fourth-order valence-electron chi connectivity index (χ4n) is 1.15. The molecule has 0 unspecified atom stereocenters. The third-order valence-corrected chi connectivity index (χ3v) is 2.36. The topological polar surface area (TPSA) is 34.9 Å². The van der Waals surface area contributed by atoms with Crippen LogP contribution in [-0.2, 0) is 18.3 Å². The molecule has 0 aromatic carbocycles. The number of carbonyl (C=O) groups excluding carboxylic acids is 1. The quantitative estimate of drug-likeness (QED) is 0.745. The van der Waals surface area contributed by atoms with E-state index in [9.17, 15) is 4.79 Å². The van der Waals surface area contributed by atoms with E-state index in [4.69, 9.17) is 11.6 Å². The highest BCUT2D eigenvalue weighted by molar-refractivity contribution is 6.31. The monoisotopic (exact) mass is 200 g/mol. The second-order valence-electron chi connectivity index (χ2n) is 2.96. The van der Waals surface area contributed by atoms with E-state index >= 15 is 0 Å². The van der Waals surface area contributed by atoms with E-state index in [-0.39, 0.29) is 5.78 Å². The molecule has 0 atom stereocenters. The van der Waals surface area contributed by atoms with Gasteiger partial charge in [-0.1, -0.05) is 18.5 Å². The van der Waals surface area contributed by atoms with E-state index < -0.39 is 0 Å². The van der Waals surface area contributed by atoms with Gasteiger partial charge in [-0.05, 0) is 6.42 Å². The van der Waals surface area contributed by atoms with Crippen LogP contribution in [0.2, 0.25) is 5.02 Å². The van der Waals surface area contributed by atoms with Gasteiger partial charge >= 0.3 is 0 Å². The minimum Gasteiger partial charge on any atom is -0.300 e.